The standard InChI is InChI=1S/C23H25Cl2N3O5S2/c1-2-32-23(31)28(14-21(29)30)10-3-4-15-12-16(24)5-7-19(15)33-20-8-6-17(13-18(20)25)35-27-22-26-9-11-34-22/h5-8,12-13H,2-4,9-11,14H2,1H3,(H,26,27)(H,29,30). The lowest BCUT2D eigenvalue weighted by Gasteiger charge is -2.20. The van der Waals surface area contributed by atoms with Crippen LogP contribution in [0.25, 0.3) is 0 Å². The van der Waals surface area contributed by atoms with E-state index in [2.05, 4.69) is 9.71 Å². The summed E-state index contributed by atoms with van der Waals surface area (Å²) in [4.78, 5) is 29.6. The van der Waals surface area contributed by atoms with Gasteiger partial charge in [-0.15, -0.1) is 0 Å². The molecule has 0 bridgehead atoms. The number of amidine groups is 1. The molecule has 0 aliphatic carbocycles. The lowest BCUT2D eigenvalue weighted by Crippen LogP contribution is -2.37. The number of carboxylic acids is 1. The number of nitrogens with one attached hydrogen (secondary N) is 1. The van der Waals surface area contributed by atoms with Crippen molar-refractivity contribution < 1.29 is 24.2 Å². The number of aliphatic imine (C=N–C) groups is 1. The van der Waals surface area contributed by atoms with Crippen molar-refractivity contribution in [2.45, 2.75) is 24.7 Å². The van der Waals surface area contributed by atoms with Crippen LogP contribution in [0.15, 0.2) is 46.3 Å². The van der Waals surface area contributed by atoms with Crippen molar-refractivity contribution in [2.75, 3.05) is 32.0 Å². The monoisotopic (exact) mass is 557 g/mol. The Morgan fingerprint density at radius 1 is 1.23 bits per heavy atom. The Hall–Kier alpha value is -2.27. The number of aryl methyl sites for hydroxylation is 1. The van der Waals surface area contributed by atoms with Crippen LogP contribution in [0.4, 0.5) is 4.79 Å². The molecule has 3 rings (SSSR count). The highest BCUT2D eigenvalue weighted by molar-refractivity contribution is 8.15. The summed E-state index contributed by atoms with van der Waals surface area (Å²) in [7, 11) is 0. The Balaban J connectivity index is 1.64. The molecule has 2 N–H and O–H groups in total. The SMILES string of the molecule is CCOC(=O)N(CCCc1cc(Cl)ccc1Oc1ccc(SNC2=NCCS2)cc1Cl)CC(=O)O. The minimum absolute atomic E-state index is 0.170. The van der Waals surface area contributed by atoms with Gasteiger partial charge in [-0.25, -0.2) is 4.79 Å². The molecule has 0 radical (unpaired) electrons. The largest absolute Gasteiger partial charge is 0.480 e. The number of hydrogen-bond acceptors (Lipinski definition) is 8. The predicted molar refractivity (Wildman–Crippen MR) is 141 cm³/mol. The highest BCUT2D eigenvalue weighted by atomic mass is 35.5. The quantitative estimate of drug-likeness (QED) is 0.326. The van der Waals surface area contributed by atoms with Crippen molar-refractivity contribution in [3.63, 3.8) is 0 Å². The number of carbonyl (C=O) groups excluding carboxylic acids is 1. The number of hydrogen-bond donors (Lipinski definition) is 2. The maximum absolute atomic E-state index is 12.0. The molecule has 2 aromatic rings. The third-order valence-electron chi connectivity index (χ3n) is 4.71. The van der Waals surface area contributed by atoms with Crippen molar-refractivity contribution in [3.05, 3.63) is 52.0 Å². The summed E-state index contributed by atoms with van der Waals surface area (Å²) in [5.41, 5.74) is 0.809. The Labute approximate surface area is 222 Å². The fraction of sp³-hybridized carbons (Fsp3) is 0.348. The molecule has 0 saturated carbocycles. The first kappa shape index (κ1) is 27.3. The molecular weight excluding hydrogens is 533 g/mol. The number of rotatable bonds is 11. The summed E-state index contributed by atoms with van der Waals surface area (Å²) in [6, 6.07) is 10.8. The van der Waals surface area contributed by atoms with Gasteiger partial charge in [0.2, 0.25) is 0 Å². The molecule has 12 heteroatoms. The minimum atomic E-state index is -1.11. The number of aliphatic carboxylic acids is 1. The van der Waals surface area contributed by atoms with Crippen LogP contribution < -0.4 is 9.46 Å². The van der Waals surface area contributed by atoms with Gasteiger partial charge in [0.15, 0.2) is 5.17 Å². The van der Waals surface area contributed by atoms with Crippen molar-refractivity contribution in [1.29, 1.82) is 0 Å². The number of amides is 1. The summed E-state index contributed by atoms with van der Waals surface area (Å²) in [5, 5.41) is 11.0. The Morgan fingerprint density at radius 2 is 2.03 bits per heavy atom. The van der Waals surface area contributed by atoms with E-state index in [4.69, 9.17) is 37.8 Å². The predicted octanol–water partition coefficient (Wildman–Crippen LogP) is 5.96. The van der Waals surface area contributed by atoms with Crippen molar-refractivity contribution in [1.82, 2.24) is 9.62 Å². The molecule has 0 atom stereocenters. The summed E-state index contributed by atoms with van der Waals surface area (Å²) < 4.78 is 14.2. The fourth-order valence-electron chi connectivity index (χ4n) is 3.16. The highest BCUT2D eigenvalue weighted by Gasteiger charge is 2.18. The maximum atomic E-state index is 12.0. The molecule has 0 unspecified atom stereocenters. The third-order valence-corrected chi connectivity index (χ3v) is 7.05. The second kappa shape index (κ2) is 13.7. The number of carboxylic acid groups (broad SMARTS) is 1. The van der Waals surface area contributed by atoms with E-state index >= 15 is 0 Å². The molecule has 0 saturated heterocycles. The first-order chi connectivity index (χ1) is 16.9. The van der Waals surface area contributed by atoms with Crippen molar-refractivity contribution in [3.8, 4) is 11.5 Å². The molecule has 188 valence electrons. The molecule has 1 heterocycles. The van der Waals surface area contributed by atoms with E-state index in [9.17, 15) is 9.59 Å². The van der Waals surface area contributed by atoms with Gasteiger partial charge in [-0.05, 0) is 73.7 Å². The van der Waals surface area contributed by atoms with Crippen LogP contribution in [0.2, 0.25) is 10.0 Å². The van der Waals surface area contributed by atoms with Gasteiger partial charge < -0.3 is 19.3 Å². The zero-order valence-electron chi connectivity index (χ0n) is 19.0. The van der Waals surface area contributed by atoms with Crippen LogP contribution in [0.1, 0.15) is 18.9 Å². The molecule has 0 aromatic heterocycles. The van der Waals surface area contributed by atoms with E-state index in [0.29, 0.717) is 34.4 Å². The molecule has 1 amide bonds. The number of ether oxygens (including phenoxy) is 2. The minimum Gasteiger partial charge on any atom is -0.480 e. The van der Waals surface area contributed by atoms with Gasteiger partial charge in [0.05, 0.1) is 18.2 Å². The van der Waals surface area contributed by atoms with Crippen LogP contribution in [-0.4, -0.2) is 59.2 Å². The number of benzene rings is 2. The molecular formula is C23H25Cl2N3O5S2. The zero-order chi connectivity index (χ0) is 25.2. The first-order valence-electron chi connectivity index (χ1n) is 10.8. The fourth-order valence-corrected chi connectivity index (χ4v) is 5.14. The smallest absolute Gasteiger partial charge is 0.410 e. The normalized spacial score (nSPS) is 12.7. The van der Waals surface area contributed by atoms with Crippen LogP contribution in [0, 0.1) is 0 Å². The summed E-state index contributed by atoms with van der Waals surface area (Å²) in [6.45, 7) is 2.44. The molecule has 2 aromatic carbocycles. The van der Waals surface area contributed by atoms with Crippen molar-refractivity contribution in [2.24, 2.45) is 4.99 Å². The van der Waals surface area contributed by atoms with E-state index in [1.165, 1.54) is 11.9 Å². The molecule has 0 spiro atoms. The molecule has 35 heavy (non-hydrogen) atoms. The average Bonchev–Trinajstić information content (AvgIpc) is 3.34. The summed E-state index contributed by atoms with van der Waals surface area (Å²) in [6.07, 6.45) is 0.329. The van der Waals surface area contributed by atoms with Gasteiger partial charge >= 0.3 is 12.1 Å². The number of halogens is 2. The second-order valence-electron chi connectivity index (χ2n) is 7.30. The van der Waals surface area contributed by atoms with Crippen LogP contribution >= 0.6 is 46.9 Å². The van der Waals surface area contributed by atoms with E-state index in [1.807, 2.05) is 12.1 Å². The number of thioether (sulfide) groups is 1. The van der Waals surface area contributed by atoms with Gasteiger partial charge in [0.25, 0.3) is 0 Å². The van der Waals surface area contributed by atoms with Crippen molar-refractivity contribution >= 4 is 64.1 Å². The topological polar surface area (TPSA) is 100 Å². The Bertz CT molecular complexity index is 1090. The maximum Gasteiger partial charge on any atom is 0.410 e. The molecule has 8 nitrogen and oxygen atoms in total. The molecule has 0 fully saturated rings. The van der Waals surface area contributed by atoms with Crippen LogP contribution in [0.3, 0.4) is 0 Å². The Kier molecular flexibility index (Phi) is 10.7. The van der Waals surface area contributed by atoms with Gasteiger partial charge in [0.1, 0.15) is 18.0 Å². The number of nitrogens with zero attached hydrogens (tertiary/aromatic N) is 2. The van der Waals surface area contributed by atoms with Crippen LogP contribution in [0.5, 0.6) is 11.5 Å². The van der Waals surface area contributed by atoms with E-state index in [0.717, 1.165) is 32.8 Å². The molecule has 1 aliphatic rings. The first-order valence-corrected chi connectivity index (χ1v) is 13.4. The lowest BCUT2D eigenvalue weighted by atomic mass is 10.1. The second-order valence-corrected chi connectivity index (χ2v) is 10.1. The Morgan fingerprint density at radius 3 is 2.71 bits per heavy atom. The van der Waals surface area contributed by atoms with Gasteiger partial charge in [0, 0.05) is 22.2 Å². The summed E-state index contributed by atoms with van der Waals surface area (Å²) in [5.74, 6) is 0.949. The lowest BCUT2D eigenvalue weighted by molar-refractivity contribution is -0.138. The molecule has 1 aliphatic heterocycles. The van der Waals surface area contributed by atoms with Gasteiger partial charge in [-0.1, -0.05) is 35.0 Å². The number of carbonyl (C=O) groups is 2. The third kappa shape index (κ3) is 8.71. The summed E-state index contributed by atoms with van der Waals surface area (Å²) >= 11 is 15.8. The van der Waals surface area contributed by atoms with Crippen LogP contribution in [-0.2, 0) is 16.0 Å². The zero-order valence-corrected chi connectivity index (χ0v) is 22.1. The van der Waals surface area contributed by atoms with E-state index in [-0.39, 0.29) is 13.2 Å². The van der Waals surface area contributed by atoms with E-state index in [1.54, 1.807) is 43.0 Å². The van der Waals surface area contributed by atoms with Gasteiger partial charge in [-0.2, -0.15) is 0 Å². The van der Waals surface area contributed by atoms with E-state index < -0.39 is 18.6 Å². The highest BCUT2D eigenvalue weighted by Crippen LogP contribution is 2.35. The van der Waals surface area contributed by atoms with Gasteiger partial charge in [-0.3, -0.25) is 14.7 Å². The average molecular weight is 559 g/mol.